The number of hydrogen-bond acceptors (Lipinski definition) is 4. The first-order chi connectivity index (χ1) is 13.0. The second-order valence-electron chi connectivity index (χ2n) is 5.72. The Morgan fingerprint density at radius 1 is 1.19 bits per heavy atom. The van der Waals surface area contributed by atoms with Crippen molar-refractivity contribution in [2.45, 2.75) is 26.3 Å². The third-order valence-corrected chi connectivity index (χ3v) is 3.58. The number of halogens is 2. The molecule has 0 saturated heterocycles. The predicted molar refractivity (Wildman–Crippen MR) is 95.2 cm³/mol. The molecule has 0 aliphatic carbocycles. The van der Waals surface area contributed by atoms with Gasteiger partial charge in [-0.25, -0.2) is 13.8 Å². The Bertz CT molecular complexity index is 800. The Kier molecular flexibility index (Phi) is 7.66. The van der Waals surface area contributed by atoms with Crippen molar-refractivity contribution in [3.05, 3.63) is 59.3 Å². The Labute approximate surface area is 155 Å². The fraction of sp³-hybridized carbons (Fsp3) is 0.316. The summed E-state index contributed by atoms with van der Waals surface area (Å²) in [5.74, 6) is -2.24. The number of carbonyl (C=O) groups excluding carboxylic acids is 2. The molecule has 1 aromatic heterocycles. The minimum absolute atomic E-state index is 0.0139. The predicted octanol–water partition coefficient (Wildman–Crippen LogP) is 2.58. The summed E-state index contributed by atoms with van der Waals surface area (Å²) in [4.78, 5) is 27.9. The summed E-state index contributed by atoms with van der Waals surface area (Å²) in [6, 6.07) is 6.24. The van der Waals surface area contributed by atoms with E-state index < -0.39 is 17.5 Å². The number of ether oxygens (including phenoxy) is 1. The normalized spacial score (nSPS) is 10.3. The molecule has 2 amide bonds. The van der Waals surface area contributed by atoms with Gasteiger partial charge in [0.1, 0.15) is 11.6 Å². The monoisotopic (exact) mass is 377 g/mol. The molecule has 1 aromatic carbocycles. The molecule has 0 spiro atoms. The number of nitrogens with one attached hydrogen (secondary N) is 2. The van der Waals surface area contributed by atoms with Crippen molar-refractivity contribution in [2.24, 2.45) is 0 Å². The highest BCUT2D eigenvalue weighted by molar-refractivity contribution is 5.94. The number of benzene rings is 1. The average Bonchev–Trinajstić information content (AvgIpc) is 2.65. The molecule has 0 unspecified atom stereocenters. The SMILES string of the molecule is CCCOc1ncccc1CNC(=O)CCNC(=O)c1ccc(F)cc1F. The summed E-state index contributed by atoms with van der Waals surface area (Å²) in [7, 11) is 0. The molecule has 0 aliphatic heterocycles. The Morgan fingerprint density at radius 2 is 2.00 bits per heavy atom. The van der Waals surface area contributed by atoms with Crippen LogP contribution in [0, 0.1) is 11.6 Å². The molecule has 144 valence electrons. The van der Waals surface area contributed by atoms with Crippen molar-refractivity contribution in [1.82, 2.24) is 15.6 Å². The number of pyridine rings is 1. The molecule has 0 fully saturated rings. The third kappa shape index (κ3) is 6.32. The molecule has 0 saturated carbocycles. The lowest BCUT2D eigenvalue weighted by atomic mass is 10.2. The molecule has 2 aromatic rings. The van der Waals surface area contributed by atoms with Crippen molar-refractivity contribution < 1.29 is 23.1 Å². The first-order valence-corrected chi connectivity index (χ1v) is 8.58. The standard InChI is InChI=1S/C19H21F2N3O3/c1-2-10-27-19-13(4-3-8-23-19)12-24-17(25)7-9-22-18(26)15-6-5-14(20)11-16(15)21/h3-6,8,11H,2,7,9-10,12H2,1H3,(H,22,26)(H,24,25). The maximum atomic E-state index is 13.5. The van der Waals surface area contributed by atoms with Crippen LogP contribution < -0.4 is 15.4 Å². The molecule has 8 heteroatoms. The Hall–Kier alpha value is -3.03. The maximum Gasteiger partial charge on any atom is 0.254 e. The van der Waals surface area contributed by atoms with Gasteiger partial charge in [0, 0.05) is 37.3 Å². The zero-order valence-corrected chi connectivity index (χ0v) is 14.9. The van der Waals surface area contributed by atoms with Gasteiger partial charge < -0.3 is 15.4 Å². The molecule has 6 nitrogen and oxygen atoms in total. The highest BCUT2D eigenvalue weighted by atomic mass is 19.1. The van der Waals surface area contributed by atoms with E-state index in [2.05, 4.69) is 15.6 Å². The van der Waals surface area contributed by atoms with Gasteiger partial charge in [-0.2, -0.15) is 0 Å². The van der Waals surface area contributed by atoms with E-state index in [0.717, 1.165) is 24.1 Å². The summed E-state index contributed by atoms with van der Waals surface area (Å²) in [6.07, 6.45) is 2.47. The van der Waals surface area contributed by atoms with Crippen molar-refractivity contribution in [2.75, 3.05) is 13.2 Å². The van der Waals surface area contributed by atoms with E-state index in [9.17, 15) is 18.4 Å². The number of rotatable bonds is 9. The molecule has 0 radical (unpaired) electrons. The molecular formula is C19H21F2N3O3. The minimum atomic E-state index is -0.951. The molecule has 27 heavy (non-hydrogen) atoms. The van der Waals surface area contributed by atoms with Gasteiger partial charge in [-0.1, -0.05) is 13.0 Å². The lowest BCUT2D eigenvalue weighted by Gasteiger charge is -2.11. The summed E-state index contributed by atoms with van der Waals surface area (Å²) >= 11 is 0. The summed E-state index contributed by atoms with van der Waals surface area (Å²) in [6.45, 7) is 2.78. The Balaban J connectivity index is 1.77. The lowest BCUT2D eigenvalue weighted by Crippen LogP contribution is -2.31. The largest absolute Gasteiger partial charge is 0.477 e. The van der Waals surface area contributed by atoms with E-state index in [-0.39, 0.29) is 31.0 Å². The zero-order valence-electron chi connectivity index (χ0n) is 14.9. The highest BCUT2D eigenvalue weighted by Crippen LogP contribution is 2.14. The number of nitrogens with zero attached hydrogens (tertiary/aromatic N) is 1. The van der Waals surface area contributed by atoms with Gasteiger partial charge in [-0.05, 0) is 24.6 Å². The second-order valence-corrected chi connectivity index (χ2v) is 5.72. The smallest absolute Gasteiger partial charge is 0.254 e. The van der Waals surface area contributed by atoms with Crippen LogP contribution in [0.3, 0.4) is 0 Å². The van der Waals surface area contributed by atoms with E-state index in [4.69, 9.17) is 4.74 Å². The van der Waals surface area contributed by atoms with E-state index in [1.54, 1.807) is 18.3 Å². The molecule has 2 N–H and O–H groups in total. The lowest BCUT2D eigenvalue weighted by molar-refractivity contribution is -0.121. The minimum Gasteiger partial charge on any atom is -0.477 e. The van der Waals surface area contributed by atoms with Crippen LogP contribution in [0.25, 0.3) is 0 Å². The third-order valence-electron chi connectivity index (χ3n) is 3.58. The van der Waals surface area contributed by atoms with Gasteiger partial charge in [-0.15, -0.1) is 0 Å². The van der Waals surface area contributed by atoms with E-state index in [1.165, 1.54) is 0 Å². The van der Waals surface area contributed by atoms with Gasteiger partial charge in [-0.3, -0.25) is 9.59 Å². The summed E-state index contributed by atoms with van der Waals surface area (Å²) < 4.78 is 31.9. The summed E-state index contributed by atoms with van der Waals surface area (Å²) in [5.41, 5.74) is 0.474. The second kappa shape index (κ2) is 10.2. The van der Waals surface area contributed by atoms with Crippen LogP contribution in [0.1, 0.15) is 35.7 Å². The van der Waals surface area contributed by atoms with Crippen LogP contribution in [0.5, 0.6) is 5.88 Å². The van der Waals surface area contributed by atoms with Crippen molar-refractivity contribution in [1.29, 1.82) is 0 Å². The van der Waals surface area contributed by atoms with Gasteiger partial charge in [0.05, 0.1) is 12.2 Å². The van der Waals surface area contributed by atoms with Crippen LogP contribution in [-0.4, -0.2) is 29.9 Å². The van der Waals surface area contributed by atoms with Gasteiger partial charge >= 0.3 is 0 Å². The fourth-order valence-corrected chi connectivity index (χ4v) is 2.23. The number of carbonyl (C=O) groups is 2. The van der Waals surface area contributed by atoms with Crippen LogP contribution in [0.2, 0.25) is 0 Å². The van der Waals surface area contributed by atoms with Gasteiger partial charge in [0.25, 0.3) is 5.91 Å². The van der Waals surface area contributed by atoms with Crippen LogP contribution >= 0.6 is 0 Å². The quantitative estimate of drug-likeness (QED) is 0.704. The van der Waals surface area contributed by atoms with E-state index >= 15 is 0 Å². The van der Waals surface area contributed by atoms with Crippen molar-refractivity contribution in [3.8, 4) is 5.88 Å². The van der Waals surface area contributed by atoms with Gasteiger partial charge in [0.15, 0.2) is 0 Å². The topological polar surface area (TPSA) is 80.3 Å². The van der Waals surface area contributed by atoms with E-state index in [0.29, 0.717) is 18.6 Å². The molecule has 0 bridgehead atoms. The molecule has 1 heterocycles. The van der Waals surface area contributed by atoms with Crippen LogP contribution in [0.15, 0.2) is 36.5 Å². The number of amides is 2. The number of hydrogen-bond donors (Lipinski definition) is 2. The highest BCUT2D eigenvalue weighted by Gasteiger charge is 2.13. The number of aromatic nitrogens is 1. The van der Waals surface area contributed by atoms with Crippen LogP contribution in [0.4, 0.5) is 8.78 Å². The summed E-state index contributed by atoms with van der Waals surface area (Å²) in [5, 5.41) is 5.14. The Morgan fingerprint density at radius 3 is 2.74 bits per heavy atom. The first kappa shape index (κ1) is 20.3. The first-order valence-electron chi connectivity index (χ1n) is 8.58. The molecule has 2 rings (SSSR count). The molecule has 0 aliphatic rings. The van der Waals surface area contributed by atoms with Crippen LogP contribution in [-0.2, 0) is 11.3 Å². The van der Waals surface area contributed by atoms with Crippen molar-refractivity contribution >= 4 is 11.8 Å². The fourth-order valence-electron chi connectivity index (χ4n) is 2.23. The zero-order chi connectivity index (χ0) is 19.6. The maximum absolute atomic E-state index is 13.5. The molecular weight excluding hydrogens is 356 g/mol. The van der Waals surface area contributed by atoms with Gasteiger partial charge in [0.2, 0.25) is 11.8 Å². The van der Waals surface area contributed by atoms with Crippen molar-refractivity contribution in [3.63, 3.8) is 0 Å². The average molecular weight is 377 g/mol. The molecule has 0 atom stereocenters. The van der Waals surface area contributed by atoms with E-state index in [1.807, 2.05) is 6.92 Å².